The van der Waals surface area contributed by atoms with E-state index in [1.54, 1.807) is 6.07 Å². The van der Waals surface area contributed by atoms with E-state index in [1.165, 1.54) is 6.07 Å². The number of benzene rings is 2. The molecule has 0 saturated heterocycles. The average molecular weight is 252 g/mol. The predicted molar refractivity (Wildman–Crippen MR) is 80.4 cm³/mol. The summed E-state index contributed by atoms with van der Waals surface area (Å²) in [5.74, 6) is -0.180. The molecule has 0 aliphatic rings. The maximum absolute atomic E-state index is 13.9. The molecule has 0 nitrogen and oxygen atoms in total. The second-order valence-corrected chi connectivity index (χ2v) is 4.38. The van der Waals surface area contributed by atoms with Crippen LogP contribution in [0.15, 0.2) is 60.7 Å². The van der Waals surface area contributed by atoms with Gasteiger partial charge in [0.1, 0.15) is 5.82 Å². The first-order valence-corrected chi connectivity index (χ1v) is 6.38. The van der Waals surface area contributed by atoms with E-state index in [4.69, 9.17) is 0 Å². The van der Waals surface area contributed by atoms with Gasteiger partial charge in [0.05, 0.1) is 0 Å². The zero-order chi connectivity index (χ0) is 13.7. The van der Waals surface area contributed by atoms with Crippen LogP contribution < -0.4 is 0 Å². The number of allylic oxidation sites excluding steroid dienone is 3. The highest BCUT2D eigenvalue weighted by atomic mass is 19.1. The molecule has 0 amide bonds. The Balaban J connectivity index is 2.49. The van der Waals surface area contributed by atoms with Gasteiger partial charge < -0.3 is 0 Å². The standard InChI is InChI=1S/C18H17F/c1-3-4-5-9-15-10-8-12-16(14(15)2)17-11-6-7-13-18(17)19/h3-13H,1-2H3/b4-3+,9-5+. The summed E-state index contributed by atoms with van der Waals surface area (Å²) in [6.07, 6.45) is 7.99. The molecule has 1 heteroatoms. The van der Waals surface area contributed by atoms with Crippen LogP contribution >= 0.6 is 0 Å². The van der Waals surface area contributed by atoms with Crippen molar-refractivity contribution in [3.05, 3.63) is 77.6 Å². The molecule has 0 unspecified atom stereocenters. The van der Waals surface area contributed by atoms with Crippen LogP contribution in [-0.2, 0) is 0 Å². The van der Waals surface area contributed by atoms with Crippen LogP contribution in [0, 0.1) is 12.7 Å². The fraction of sp³-hybridized carbons (Fsp3) is 0.111. The van der Waals surface area contributed by atoms with Gasteiger partial charge >= 0.3 is 0 Å². The zero-order valence-corrected chi connectivity index (χ0v) is 11.2. The number of halogens is 1. The minimum Gasteiger partial charge on any atom is -0.206 e. The zero-order valence-electron chi connectivity index (χ0n) is 11.2. The Labute approximate surface area is 113 Å². The number of rotatable bonds is 3. The topological polar surface area (TPSA) is 0 Å². The summed E-state index contributed by atoms with van der Waals surface area (Å²) in [5.41, 5.74) is 3.80. The van der Waals surface area contributed by atoms with E-state index in [0.29, 0.717) is 5.56 Å². The molecule has 0 aromatic heterocycles. The van der Waals surface area contributed by atoms with E-state index in [1.807, 2.05) is 68.5 Å². The molecule has 0 fully saturated rings. The Hall–Kier alpha value is -2.15. The van der Waals surface area contributed by atoms with Crippen LogP contribution in [0.3, 0.4) is 0 Å². The SMILES string of the molecule is C/C=C/C=C/c1cccc(-c2ccccc2F)c1C. The second kappa shape index (κ2) is 6.14. The van der Waals surface area contributed by atoms with Crippen LogP contribution in [0.5, 0.6) is 0 Å². The molecule has 0 aliphatic heterocycles. The summed E-state index contributed by atoms with van der Waals surface area (Å²) >= 11 is 0. The molecular formula is C18H17F. The van der Waals surface area contributed by atoms with E-state index < -0.39 is 0 Å². The van der Waals surface area contributed by atoms with E-state index in [-0.39, 0.29) is 5.82 Å². The fourth-order valence-electron chi connectivity index (χ4n) is 2.08. The van der Waals surface area contributed by atoms with Crippen molar-refractivity contribution in [3.63, 3.8) is 0 Å². The summed E-state index contributed by atoms with van der Waals surface area (Å²) in [7, 11) is 0. The van der Waals surface area contributed by atoms with Gasteiger partial charge in [-0.3, -0.25) is 0 Å². The lowest BCUT2D eigenvalue weighted by Gasteiger charge is -2.09. The first-order valence-electron chi connectivity index (χ1n) is 6.38. The Morgan fingerprint density at radius 1 is 0.895 bits per heavy atom. The van der Waals surface area contributed by atoms with Gasteiger partial charge in [-0.2, -0.15) is 0 Å². The van der Waals surface area contributed by atoms with Crippen LogP contribution in [0.4, 0.5) is 4.39 Å². The minimum atomic E-state index is -0.180. The first kappa shape index (κ1) is 13.3. The van der Waals surface area contributed by atoms with E-state index in [2.05, 4.69) is 0 Å². The van der Waals surface area contributed by atoms with Gasteiger partial charge in [0.15, 0.2) is 0 Å². The van der Waals surface area contributed by atoms with Gasteiger partial charge in [0.25, 0.3) is 0 Å². The predicted octanol–water partition coefficient (Wildman–Crippen LogP) is 5.39. The third-order valence-electron chi connectivity index (χ3n) is 3.12. The largest absolute Gasteiger partial charge is 0.206 e. The van der Waals surface area contributed by atoms with Crippen LogP contribution in [-0.4, -0.2) is 0 Å². The average Bonchev–Trinajstić information content (AvgIpc) is 2.42. The molecule has 0 spiro atoms. The van der Waals surface area contributed by atoms with Crippen molar-refractivity contribution in [2.24, 2.45) is 0 Å². The van der Waals surface area contributed by atoms with Crippen molar-refractivity contribution in [1.29, 1.82) is 0 Å². The van der Waals surface area contributed by atoms with Crippen LogP contribution in [0.2, 0.25) is 0 Å². The number of hydrogen-bond donors (Lipinski definition) is 0. The lowest BCUT2D eigenvalue weighted by atomic mass is 9.96. The molecule has 0 aliphatic carbocycles. The van der Waals surface area contributed by atoms with Crippen molar-refractivity contribution in [1.82, 2.24) is 0 Å². The maximum Gasteiger partial charge on any atom is 0.131 e. The summed E-state index contributed by atoms with van der Waals surface area (Å²) in [4.78, 5) is 0. The normalized spacial score (nSPS) is 11.5. The molecular weight excluding hydrogens is 235 g/mol. The minimum absolute atomic E-state index is 0.180. The second-order valence-electron chi connectivity index (χ2n) is 4.38. The van der Waals surface area contributed by atoms with E-state index >= 15 is 0 Å². The summed E-state index contributed by atoms with van der Waals surface area (Å²) in [6, 6.07) is 12.9. The fourth-order valence-corrected chi connectivity index (χ4v) is 2.08. The molecule has 19 heavy (non-hydrogen) atoms. The Morgan fingerprint density at radius 2 is 1.63 bits per heavy atom. The van der Waals surface area contributed by atoms with Crippen molar-refractivity contribution >= 4 is 6.08 Å². The molecule has 0 radical (unpaired) electrons. The van der Waals surface area contributed by atoms with Gasteiger partial charge in [-0.15, -0.1) is 0 Å². The van der Waals surface area contributed by atoms with E-state index in [9.17, 15) is 4.39 Å². The third-order valence-corrected chi connectivity index (χ3v) is 3.12. The number of hydrogen-bond acceptors (Lipinski definition) is 0. The van der Waals surface area contributed by atoms with Crippen molar-refractivity contribution in [3.8, 4) is 11.1 Å². The van der Waals surface area contributed by atoms with Crippen LogP contribution in [0.25, 0.3) is 17.2 Å². The molecule has 2 aromatic rings. The first-order chi connectivity index (χ1) is 9.24. The van der Waals surface area contributed by atoms with Gasteiger partial charge in [0.2, 0.25) is 0 Å². The highest BCUT2D eigenvalue weighted by molar-refractivity contribution is 5.73. The van der Waals surface area contributed by atoms with Gasteiger partial charge in [-0.25, -0.2) is 4.39 Å². The highest BCUT2D eigenvalue weighted by Gasteiger charge is 2.08. The van der Waals surface area contributed by atoms with E-state index in [0.717, 1.165) is 16.7 Å². The third kappa shape index (κ3) is 3.00. The van der Waals surface area contributed by atoms with Gasteiger partial charge in [-0.05, 0) is 36.6 Å². The van der Waals surface area contributed by atoms with Gasteiger partial charge in [0, 0.05) is 5.56 Å². The Bertz CT molecular complexity index is 621. The molecule has 0 atom stereocenters. The van der Waals surface area contributed by atoms with Crippen molar-refractivity contribution in [2.45, 2.75) is 13.8 Å². The monoisotopic (exact) mass is 252 g/mol. The van der Waals surface area contributed by atoms with Gasteiger partial charge in [-0.1, -0.05) is 60.7 Å². The Morgan fingerprint density at radius 3 is 2.37 bits per heavy atom. The lowest BCUT2D eigenvalue weighted by Crippen LogP contribution is -1.89. The van der Waals surface area contributed by atoms with Crippen molar-refractivity contribution < 1.29 is 4.39 Å². The molecule has 96 valence electrons. The quantitative estimate of drug-likeness (QED) is 0.642. The molecule has 2 aromatic carbocycles. The Kier molecular flexibility index (Phi) is 4.30. The molecule has 0 saturated carbocycles. The van der Waals surface area contributed by atoms with Crippen molar-refractivity contribution in [2.75, 3.05) is 0 Å². The smallest absolute Gasteiger partial charge is 0.131 e. The molecule has 0 N–H and O–H groups in total. The van der Waals surface area contributed by atoms with Crippen LogP contribution in [0.1, 0.15) is 18.1 Å². The summed E-state index contributed by atoms with van der Waals surface area (Å²) in [6.45, 7) is 4.00. The summed E-state index contributed by atoms with van der Waals surface area (Å²) < 4.78 is 13.9. The summed E-state index contributed by atoms with van der Waals surface area (Å²) in [5, 5.41) is 0. The molecule has 2 rings (SSSR count). The molecule has 0 heterocycles. The lowest BCUT2D eigenvalue weighted by molar-refractivity contribution is 0.631. The maximum atomic E-state index is 13.9. The highest BCUT2D eigenvalue weighted by Crippen LogP contribution is 2.28. The molecule has 0 bridgehead atoms.